The van der Waals surface area contributed by atoms with Crippen molar-refractivity contribution in [2.24, 2.45) is 0 Å². The lowest BCUT2D eigenvalue weighted by Gasteiger charge is -2.23. The van der Waals surface area contributed by atoms with Gasteiger partial charge in [-0.3, -0.25) is 14.9 Å². The number of nitro benzene ring substituents is 1. The van der Waals surface area contributed by atoms with Crippen molar-refractivity contribution in [3.05, 3.63) is 69.8 Å². The highest BCUT2D eigenvalue weighted by Gasteiger charge is 2.20. The van der Waals surface area contributed by atoms with Crippen molar-refractivity contribution in [2.45, 2.75) is 25.4 Å². The number of rotatable bonds is 6. The van der Waals surface area contributed by atoms with Crippen LogP contribution in [0.2, 0.25) is 0 Å². The van der Waals surface area contributed by atoms with Crippen LogP contribution in [-0.2, 0) is 6.54 Å². The van der Waals surface area contributed by atoms with Gasteiger partial charge < -0.3 is 16.0 Å². The van der Waals surface area contributed by atoms with E-state index in [0.29, 0.717) is 17.8 Å². The summed E-state index contributed by atoms with van der Waals surface area (Å²) in [5.74, 6) is -0.269. The molecule has 1 aliphatic rings. The molecule has 1 heterocycles. The van der Waals surface area contributed by atoms with Gasteiger partial charge in [0.2, 0.25) is 0 Å². The third kappa shape index (κ3) is 5.67. The molecule has 0 aliphatic carbocycles. The van der Waals surface area contributed by atoms with Gasteiger partial charge in [-0.15, -0.1) is 12.4 Å². The Balaban J connectivity index is 0.00000261. The Morgan fingerprint density at radius 1 is 1.15 bits per heavy atom. The molecule has 2 aromatic rings. The van der Waals surface area contributed by atoms with E-state index in [-0.39, 0.29) is 30.0 Å². The lowest BCUT2D eigenvalue weighted by Crippen LogP contribution is -2.42. The summed E-state index contributed by atoms with van der Waals surface area (Å²) in [4.78, 5) is 23.4. The fourth-order valence-electron chi connectivity index (χ4n) is 3.00. The van der Waals surface area contributed by atoms with Crippen LogP contribution in [0, 0.1) is 10.1 Å². The van der Waals surface area contributed by atoms with E-state index < -0.39 is 4.92 Å². The second kappa shape index (κ2) is 9.89. The normalized spacial score (nSPS) is 14.1. The predicted molar refractivity (Wildman–Crippen MR) is 107 cm³/mol. The van der Waals surface area contributed by atoms with Crippen LogP contribution in [-0.4, -0.2) is 30.0 Å². The Morgan fingerprint density at radius 3 is 2.52 bits per heavy atom. The first kappa shape index (κ1) is 20.7. The Kier molecular flexibility index (Phi) is 7.57. The van der Waals surface area contributed by atoms with Crippen LogP contribution in [0.15, 0.2) is 48.5 Å². The number of carbonyl (C=O) groups excluding carboxylic acids is 1. The first-order valence-corrected chi connectivity index (χ1v) is 8.71. The highest BCUT2D eigenvalue weighted by molar-refractivity contribution is 5.96. The van der Waals surface area contributed by atoms with Crippen LogP contribution in [0.3, 0.4) is 0 Å². The maximum Gasteiger partial charge on any atom is 0.293 e. The highest BCUT2D eigenvalue weighted by Crippen LogP contribution is 2.26. The average molecular weight is 391 g/mol. The topological polar surface area (TPSA) is 96.3 Å². The Labute approximate surface area is 164 Å². The fraction of sp³-hybridized carbons (Fsp3) is 0.316. The van der Waals surface area contributed by atoms with Gasteiger partial charge in [0.1, 0.15) is 5.69 Å². The molecule has 1 fully saturated rings. The van der Waals surface area contributed by atoms with E-state index in [9.17, 15) is 14.9 Å². The zero-order valence-electron chi connectivity index (χ0n) is 14.8. The van der Waals surface area contributed by atoms with Crippen LogP contribution in [0.1, 0.15) is 28.8 Å². The van der Waals surface area contributed by atoms with Crippen LogP contribution in [0.5, 0.6) is 0 Å². The third-order valence-corrected chi connectivity index (χ3v) is 4.46. The minimum absolute atomic E-state index is 0. The molecule has 3 N–H and O–H groups in total. The second-order valence-electron chi connectivity index (χ2n) is 6.33. The number of hydrogen-bond donors (Lipinski definition) is 3. The molecule has 1 saturated heterocycles. The summed E-state index contributed by atoms with van der Waals surface area (Å²) < 4.78 is 0. The lowest BCUT2D eigenvalue weighted by molar-refractivity contribution is -0.384. The minimum Gasteiger partial charge on any atom is -0.375 e. The molecule has 0 atom stereocenters. The summed E-state index contributed by atoms with van der Waals surface area (Å²) in [6.45, 7) is 2.21. The summed E-state index contributed by atoms with van der Waals surface area (Å²) >= 11 is 0. The molecule has 1 amide bonds. The summed E-state index contributed by atoms with van der Waals surface area (Å²) in [6, 6.07) is 14.3. The van der Waals surface area contributed by atoms with E-state index in [1.54, 1.807) is 12.1 Å². The molecule has 8 heteroatoms. The predicted octanol–water partition coefficient (Wildman–Crippen LogP) is 3.11. The van der Waals surface area contributed by atoms with Crippen molar-refractivity contribution in [2.75, 3.05) is 18.4 Å². The molecule has 27 heavy (non-hydrogen) atoms. The first-order chi connectivity index (χ1) is 12.6. The van der Waals surface area contributed by atoms with Crippen molar-refractivity contribution < 1.29 is 9.72 Å². The van der Waals surface area contributed by atoms with E-state index in [1.165, 1.54) is 6.07 Å². The van der Waals surface area contributed by atoms with Gasteiger partial charge >= 0.3 is 0 Å². The number of nitrogens with zero attached hydrogens (tertiary/aromatic N) is 1. The molecule has 1 aliphatic heterocycles. The summed E-state index contributed by atoms with van der Waals surface area (Å²) in [5, 5.41) is 20.7. The van der Waals surface area contributed by atoms with Crippen LogP contribution >= 0.6 is 12.4 Å². The first-order valence-electron chi connectivity index (χ1n) is 8.71. The minimum atomic E-state index is -0.464. The molecular formula is C19H23ClN4O3. The molecule has 0 bridgehead atoms. The average Bonchev–Trinajstić information content (AvgIpc) is 2.67. The number of nitrogens with one attached hydrogen (secondary N) is 3. The second-order valence-corrected chi connectivity index (χ2v) is 6.33. The number of benzene rings is 2. The Hall–Kier alpha value is -2.64. The van der Waals surface area contributed by atoms with Gasteiger partial charge in [-0.05, 0) is 43.6 Å². The summed E-state index contributed by atoms with van der Waals surface area (Å²) in [7, 11) is 0. The molecule has 144 valence electrons. The quantitative estimate of drug-likeness (QED) is 0.520. The van der Waals surface area contributed by atoms with Crippen molar-refractivity contribution in [1.29, 1.82) is 0 Å². The molecule has 2 aromatic carbocycles. The number of carbonyl (C=O) groups is 1. The molecular weight excluding hydrogens is 368 g/mol. The van der Waals surface area contributed by atoms with Gasteiger partial charge in [0.15, 0.2) is 0 Å². The van der Waals surface area contributed by atoms with Gasteiger partial charge in [0.05, 0.1) is 4.92 Å². The standard InChI is InChI=1S/C19H22N4O3.ClH/c24-19(22-16-8-10-20-11-9-16)15-6-7-17(18(12-15)23(25)26)21-13-14-4-2-1-3-5-14;/h1-7,12,16,20-21H,8-11,13H2,(H,22,24);1H. The fourth-order valence-corrected chi connectivity index (χ4v) is 3.00. The van der Waals surface area contributed by atoms with Crippen molar-refractivity contribution >= 4 is 29.7 Å². The van der Waals surface area contributed by atoms with E-state index in [4.69, 9.17) is 0 Å². The van der Waals surface area contributed by atoms with Crippen LogP contribution in [0.25, 0.3) is 0 Å². The van der Waals surface area contributed by atoms with Gasteiger partial charge in [0.25, 0.3) is 11.6 Å². The van der Waals surface area contributed by atoms with E-state index in [1.807, 2.05) is 30.3 Å². The zero-order valence-corrected chi connectivity index (χ0v) is 15.6. The van der Waals surface area contributed by atoms with E-state index in [2.05, 4.69) is 16.0 Å². The zero-order chi connectivity index (χ0) is 18.4. The third-order valence-electron chi connectivity index (χ3n) is 4.46. The van der Waals surface area contributed by atoms with Gasteiger partial charge in [-0.1, -0.05) is 30.3 Å². The lowest BCUT2D eigenvalue weighted by atomic mass is 10.1. The number of halogens is 1. The summed E-state index contributed by atoms with van der Waals surface area (Å²) in [6.07, 6.45) is 1.73. The Bertz CT molecular complexity index is 780. The van der Waals surface area contributed by atoms with Crippen molar-refractivity contribution in [3.8, 4) is 0 Å². The van der Waals surface area contributed by atoms with Gasteiger partial charge in [-0.25, -0.2) is 0 Å². The smallest absolute Gasteiger partial charge is 0.293 e. The molecule has 0 aromatic heterocycles. The molecule has 0 spiro atoms. The van der Waals surface area contributed by atoms with Crippen LogP contribution < -0.4 is 16.0 Å². The number of hydrogen-bond acceptors (Lipinski definition) is 5. The van der Waals surface area contributed by atoms with Crippen LogP contribution in [0.4, 0.5) is 11.4 Å². The molecule has 0 unspecified atom stereocenters. The SMILES string of the molecule is Cl.O=C(NC1CCNCC1)c1ccc(NCc2ccccc2)c([N+](=O)[O-])c1. The maximum atomic E-state index is 12.4. The number of anilines is 1. The maximum absolute atomic E-state index is 12.4. The van der Waals surface area contributed by atoms with E-state index in [0.717, 1.165) is 31.5 Å². The van der Waals surface area contributed by atoms with Crippen molar-refractivity contribution in [1.82, 2.24) is 10.6 Å². The molecule has 0 saturated carbocycles. The monoisotopic (exact) mass is 390 g/mol. The van der Waals surface area contributed by atoms with Gasteiger partial charge in [0, 0.05) is 24.2 Å². The summed E-state index contributed by atoms with van der Waals surface area (Å²) in [5.41, 5.74) is 1.63. The number of amides is 1. The number of nitro groups is 1. The molecule has 7 nitrogen and oxygen atoms in total. The van der Waals surface area contributed by atoms with Gasteiger partial charge in [-0.2, -0.15) is 0 Å². The number of piperidine rings is 1. The Morgan fingerprint density at radius 2 is 1.85 bits per heavy atom. The van der Waals surface area contributed by atoms with Crippen molar-refractivity contribution in [3.63, 3.8) is 0 Å². The largest absolute Gasteiger partial charge is 0.375 e. The highest BCUT2D eigenvalue weighted by atomic mass is 35.5. The molecule has 3 rings (SSSR count). The van der Waals surface area contributed by atoms with E-state index >= 15 is 0 Å². The molecule has 0 radical (unpaired) electrons.